The second-order valence-corrected chi connectivity index (χ2v) is 7.40. The number of halogens is 1. The zero-order valence-corrected chi connectivity index (χ0v) is 18.4. The van der Waals surface area contributed by atoms with Gasteiger partial charge >= 0.3 is 5.69 Å². The molecule has 4 aromatic rings. The molecule has 0 saturated carbocycles. The van der Waals surface area contributed by atoms with Crippen molar-refractivity contribution in [2.24, 2.45) is 19.2 Å². The number of hydrazone groups is 1. The van der Waals surface area contributed by atoms with Crippen LogP contribution in [-0.2, 0) is 20.6 Å². The van der Waals surface area contributed by atoms with E-state index in [0.717, 1.165) is 21.4 Å². The molecule has 9 nitrogen and oxygen atoms in total. The minimum absolute atomic E-state index is 0.226. The lowest BCUT2D eigenvalue weighted by atomic mass is 10.2. The van der Waals surface area contributed by atoms with Crippen molar-refractivity contribution >= 4 is 23.3 Å². The van der Waals surface area contributed by atoms with Crippen molar-refractivity contribution < 1.29 is 9.13 Å². The topological polar surface area (TPSA) is 95.4 Å². The normalized spacial score (nSPS) is 11.4. The molecule has 0 aliphatic heterocycles. The second kappa shape index (κ2) is 9.11. The Kier molecular flexibility index (Phi) is 6.07. The fraction of sp³-hybridized carbons (Fsp3) is 0.217. The molecule has 0 aliphatic carbocycles. The highest BCUT2D eigenvalue weighted by Gasteiger charge is 2.19. The lowest BCUT2D eigenvalue weighted by molar-refractivity contribution is 0.340. The predicted octanol–water partition coefficient (Wildman–Crippen LogP) is 2.47. The molecule has 0 saturated heterocycles. The quantitative estimate of drug-likeness (QED) is 0.345. The van der Waals surface area contributed by atoms with Gasteiger partial charge in [0.05, 0.1) is 19.4 Å². The molecule has 1 N–H and O–H groups in total. The van der Waals surface area contributed by atoms with E-state index in [1.165, 1.54) is 23.7 Å². The Hall–Kier alpha value is -4.21. The standard InChI is InChI=1S/C23H23FN6O3/c1-4-33-18-11-7-15(8-12-18)13-25-27-22-26-20-19(21(31)29(3)23(32)28(20)2)30(22)14-16-5-9-17(24)10-6-16/h5-13H,4,14H2,1-3H3,(H,26,27)/b25-13-. The average molecular weight is 450 g/mol. The SMILES string of the molecule is CCOc1ccc(/C=N\Nc2nc3c(c(=O)n(C)c(=O)n3C)n2Cc2ccc(F)cc2)cc1. The first-order chi connectivity index (χ1) is 15.9. The average Bonchev–Trinajstić information content (AvgIpc) is 3.17. The van der Waals surface area contributed by atoms with Crippen LogP contribution >= 0.6 is 0 Å². The number of benzene rings is 2. The van der Waals surface area contributed by atoms with Crippen molar-refractivity contribution in [1.29, 1.82) is 0 Å². The van der Waals surface area contributed by atoms with Gasteiger partial charge < -0.3 is 4.74 Å². The number of nitrogens with zero attached hydrogens (tertiary/aromatic N) is 5. The maximum absolute atomic E-state index is 13.4. The summed E-state index contributed by atoms with van der Waals surface area (Å²) < 4.78 is 22.7. The molecule has 33 heavy (non-hydrogen) atoms. The molecule has 0 amide bonds. The van der Waals surface area contributed by atoms with Crippen LogP contribution in [-0.4, -0.2) is 31.5 Å². The molecule has 10 heteroatoms. The van der Waals surface area contributed by atoms with Gasteiger partial charge in [0.1, 0.15) is 11.6 Å². The van der Waals surface area contributed by atoms with E-state index >= 15 is 0 Å². The number of aromatic nitrogens is 4. The van der Waals surface area contributed by atoms with Crippen LogP contribution in [0.4, 0.5) is 10.3 Å². The number of rotatable bonds is 7. The van der Waals surface area contributed by atoms with Crippen LogP contribution < -0.4 is 21.4 Å². The Balaban J connectivity index is 1.73. The molecule has 2 heterocycles. The fourth-order valence-electron chi connectivity index (χ4n) is 3.44. The largest absolute Gasteiger partial charge is 0.494 e. The van der Waals surface area contributed by atoms with Crippen molar-refractivity contribution in [3.05, 3.63) is 86.3 Å². The van der Waals surface area contributed by atoms with Crippen LogP contribution in [0, 0.1) is 5.82 Å². The molecule has 170 valence electrons. The summed E-state index contributed by atoms with van der Waals surface area (Å²) >= 11 is 0. The molecule has 0 radical (unpaired) electrons. The molecule has 2 aromatic heterocycles. The summed E-state index contributed by atoms with van der Waals surface area (Å²) in [5, 5.41) is 4.25. The molecule has 0 bridgehead atoms. The molecule has 0 spiro atoms. The Morgan fingerprint density at radius 3 is 2.42 bits per heavy atom. The lowest BCUT2D eigenvalue weighted by Crippen LogP contribution is -2.37. The molecule has 2 aromatic carbocycles. The Morgan fingerprint density at radius 1 is 1.06 bits per heavy atom. The van der Waals surface area contributed by atoms with Crippen LogP contribution in [0.15, 0.2) is 63.2 Å². The summed E-state index contributed by atoms with van der Waals surface area (Å²) in [4.78, 5) is 29.7. The Labute approximate surface area is 188 Å². The molecule has 0 fully saturated rings. The van der Waals surface area contributed by atoms with Gasteiger partial charge in [-0.3, -0.25) is 18.5 Å². The van der Waals surface area contributed by atoms with E-state index in [0.29, 0.717) is 6.61 Å². The molecular weight excluding hydrogens is 427 g/mol. The fourth-order valence-corrected chi connectivity index (χ4v) is 3.44. The van der Waals surface area contributed by atoms with E-state index in [4.69, 9.17) is 4.74 Å². The van der Waals surface area contributed by atoms with Crippen molar-refractivity contribution in [2.45, 2.75) is 13.5 Å². The van der Waals surface area contributed by atoms with Gasteiger partial charge in [-0.2, -0.15) is 10.1 Å². The maximum atomic E-state index is 13.4. The Bertz CT molecular complexity index is 1430. The number of hydrogen-bond donors (Lipinski definition) is 1. The summed E-state index contributed by atoms with van der Waals surface area (Å²) in [7, 11) is 2.96. The smallest absolute Gasteiger partial charge is 0.332 e. The van der Waals surface area contributed by atoms with Crippen molar-refractivity contribution in [3.63, 3.8) is 0 Å². The number of hydrogen-bond acceptors (Lipinski definition) is 6. The van der Waals surface area contributed by atoms with Crippen LogP contribution in [0.1, 0.15) is 18.1 Å². The molecule has 4 rings (SSSR count). The monoisotopic (exact) mass is 450 g/mol. The van der Waals surface area contributed by atoms with Crippen LogP contribution in [0.2, 0.25) is 0 Å². The molecular formula is C23H23FN6O3. The molecule has 0 unspecified atom stereocenters. The van der Waals surface area contributed by atoms with Gasteiger partial charge in [-0.1, -0.05) is 12.1 Å². The van der Waals surface area contributed by atoms with E-state index in [-0.39, 0.29) is 29.5 Å². The van der Waals surface area contributed by atoms with E-state index in [1.807, 2.05) is 31.2 Å². The van der Waals surface area contributed by atoms with Crippen molar-refractivity contribution in [2.75, 3.05) is 12.0 Å². The van der Waals surface area contributed by atoms with Gasteiger partial charge in [-0.05, 0) is 54.4 Å². The third kappa shape index (κ3) is 4.40. The van der Waals surface area contributed by atoms with Crippen LogP contribution in [0.25, 0.3) is 11.2 Å². The third-order valence-corrected chi connectivity index (χ3v) is 5.17. The summed E-state index contributed by atoms with van der Waals surface area (Å²) in [6.45, 7) is 2.73. The first-order valence-electron chi connectivity index (χ1n) is 10.3. The Morgan fingerprint density at radius 2 is 1.76 bits per heavy atom. The first-order valence-corrected chi connectivity index (χ1v) is 10.3. The van der Waals surface area contributed by atoms with Gasteiger partial charge in [0.2, 0.25) is 5.95 Å². The number of fused-ring (bicyclic) bond motifs is 1. The summed E-state index contributed by atoms with van der Waals surface area (Å²) in [5.74, 6) is 0.682. The molecule has 0 aliphatic rings. The maximum Gasteiger partial charge on any atom is 0.332 e. The van der Waals surface area contributed by atoms with E-state index < -0.39 is 11.2 Å². The third-order valence-electron chi connectivity index (χ3n) is 5.17. The zero-order valence-electron chi connectivity index (χ0n) is 18.4. The van der Waals surface area contributed by atoms with Crippen LogP contribution in [0.3, 0.4) is 0 Å². The highest BCUT2D eigenvalue weighted by atomic mass is 19.1. The number of nitrogens with one attached hydrogen (secondary N) is 1. The zero-order chi connectivity index (χ0) is 23.5. The molecule has 0 atom stereocenters. The van der Waals surface area contributed by atoms with Gasteiger partial charge in [-0.15, -0.1) is 0 Å². The number of imidazole rings is 1. The number of anilines is 1. The van der Waals surface area contributed by atoms with Gasteiger partial charge in [0.15, 0.2) is 11.2 Å². The minimum Gasteiger partial charge on any atom is -0.494 e. The summed E-state index contributed by atoms with van der Waals surface area (Å²) in [6, 6.07) is 13.3. The van der Waals surface area contributed by atoms with Gasteiger partial charge in [-0.25, -0.2) is 14.6 Å². The summed E-state index contributed by atoms with van der Waals surface area (Å²) in [6.07, 6.45) is 1.61. The number of aryl methyl sites for hydroxylation is 1. The van der Waals surface area contributed by atoms with E-state index in [9.17, 15) is 14.0 Å². The lowest BCUT2D eigenvalue weighted by Gasteiger charge is -2.09. The minimum atomic E-state index is -0.483. The van der Waals surface area contributed by atoms with E-state index in [1.54, 1.807) is 30.0 Å². The van der Waals surface area contributed by atoms with E-state index in [2.05, 4.69) is 15.5 Å². The highest BCUT2D eigenvalue weighted by Crippen LogP contribution is 2.18. The van der Waals surface area contributed by atoms with Gasteiger partial charge in [0.25, 0.3) is 5.56 Å². The highest BCUT2D eigenvalue weighted by molar-refractivity contribution is 5.80. The van der Waals surface area contributed by atoms with Gasteiger partial charge in [0, 0.05) is 14.1 Å². The van der Waals surface area contributed by atoms with Crippen molar-refractivity contribution in [3.8, 4) is 5.75 Å². The van der Waals surface area contributed by atoms with Crippen molar-refractivity contribution in [1.82, 2.24) is 18.7 Å². The predicted molar refractivity (Wildman–Crippen MR) is 125 cm³/mol. The summed E-state index contributed by atoms with van der Waals surface area (Å²) in [5.41, 5.74) is 3.95. The second-order valence-electron chi connectivity index (χ2n) is 7.40. The number of ether oxygens (including phenoxy) is 1. The first kappa shape index (κ1) is 22.0. The van der Waals surface area contributed by atoms with Crippen LogP contribution in [0.5, 0.6) is 5.75 Å².